The first-order chi connectivity index (χ1) is 11.9. The van der Waals surface area contributed by atoms with Crippen molar-refractivity contribution in [2.75, 3.05) is 13.7 Å². The van der Waals surface area contributed by atoms with Crippen molar-refractivity contribution >= 4 is 12.0 Å². The Morgan fingerprint density at radius 2 is 1.84 bits per heavy atom. The van der Waals surface area contributed by atoms with Gasteiger partial charge in [-0.3, -0.25) is 4.79 Å². The van der Waals surface area contributed by atoms with Crippen LogP contribution < -0.4 is 10.1 Å². The van der Waals surface area contributed by atoms with Gasteiger partial charge in [0, 0.05) is 12.6 Å². The molecule has 0 fully saturated rings. The maximum atomic E-state index is 11.8. The van der Waals surface area contributed by atoms with Crippen LogP contribution in [0.1, 0.15) is 17.2 Å². The molecule has 0 aromatic heterocycles. The van der Waals surface area contributed by atoms with E-state index < -0.39 is 12.0 Å². The van der Waals surface area contributed by atoms with E-state index in [1.54, 1.807) is 12.1 Å². The number of phenols is 3. The van der Waals surface area contributed by atoms with Gasteiger partial charge < -0.3 is 30.5 Å². The van der Waals surface area contributed by atoms with Gasteiger partial charge in [-0.2, -0.15) is 0 Å². The fourth-order valence-electron chi connectivity index (χ4n) is 2.09. The zero-order valence-corrected chi connectivity index (χ0v) is 13.5. The molecule has 25 heavy (non-hydrogen) atoms. The lowest BCUT2D eigenvalue weighted by atomic mass is 10.1. The molecule has 0 bridgehead atoms. The van der Waals surface area contributed by atoms with Gasteiger partial charge in [0.1, 0.15) is 0 Å². The molecule has 0 saturated carbocycles. The van der Waals surface area contributed by atoms with E-state index in [1.165, 1.54) is 43.5 Å². The molecule has 1 atom stereocenters. The van der Waals surface area contributed by atoms with Gasteiger partial charge in [-0.25, -0.2) is 0 Å². The molecule has 0 radical (unpaired) electrons. The first-order valence-corrected chi connectivity index (χ1v) is 7.43. The zero-order valence-electron chi connectivity index (χ0n) is 13.5. The summed E-state index contributed by atoms with van der Waals surface area (Å²) in [6.45, 7) is -0.0632. The fourth-order valence-corrected chi connectivity index (χ4v) is 2.09. The molecule has 132 valence electrons. The second-order valence-electron chi connectivity index (χ2n) is 5.27. The molecule has 0 aliphatic carbocycles. The molecule has 1 unspecified atom stereocenters. The lowest BCUT2D eigenvalue weighted by Gasteiger charge is -2.12. The SMILES string of the molecule is COc1cc(/C=C/C(=O)NCC(O)c2ccc(O)c(O)c2)ccc1O. The van der Waals surface area contributed by atoms with E-state index in [0.29, 0.717) is 16.9 Å². The second-order valence-corrected chi connectivity index (χ2v) is 5.27. The number of hydrogen-bond donors (Lipinski definition) is 5. The molecular weight excluding hydrogens is 326 g/mol. The number of nitrogens with one attached hydrogen (secondary N) is 1. The van der Waals surface area contributed by atoms with E-state index >= 15 is 0 Å². The summed E-state index contributed by atoms with van der Waals surface area (Å²) in [5, 5.41) is 40.7. The number of ether oxygens (including phenoxy) is 1. The Hall–Kier alpha value is -3.19. The summed E-state index contributed by atoms with van der Waals surface area (Å²) in [5.74, 6) is -0.750. The molecule has 2 rings (SSSR count). The van der Waals surface area contributed by atoms with Crippen LogP contribution in [0.25, 0.3) is 6.08 Å². The standard InChI is InChI=1S/C18H19NO6/c1-25-17-8-11(2-5-14(17)21)3-7-18(24)19-10-16(23)12-4-6-13(20)15(22)9-12/h2-9,16,20-23H,10H2,1H3,(H,19,24)/b7-3+. The fraction of sp³-hybridized carbons (Fsp3) is 0.167. The Labute approximate surface area is 144 Å². The van der Waals surface area contributed by atoms with Crippen LogP contribution in [0.15, 0.2) is 42.5 Å². The number of aromatic hydroxyl groups is 3. The minimum absolute atomic E-state index is 0.00405. The molecule has 0 saturated heterocycles. The molecule has 0 aliphatic rings. The number of carbonyl (C=O) groups excluding carboxylic acids is 1. The molecule has 0 heterocycles. The minimum Gasteiger partial charge on any atom is -0.504 e. The number of aliphatic hydroxyl groups is 1. The number of benzene rings is 2. The molecule has 7 nitrogen and oxygen atoms in total. The number of carbonyl (C=O) groups is 1. The second kappa shape index (κ2) is 8.07. The number of phenolic OH excluding ortho intramolecular Hbond substituents is 3. The van der Waals surface area contributed by atoms with Crippen molar-refractivity contribution in [2.24, 2.45) is 0 Å². The van der Waals surface area contributed by atoms with Crippen molar-refractivity contribution in [1.82, 2.24) is 5.32 Å². The van der Waals surface area contributed by atoms with Gasteiger partial charge in [0.2, 0.25) is 5.91 Å². The third kappa shape index (κ3) is 4.89. The number of hydrogen-bond acceptors (Lipinski definition) is 6. The number of rotatable bonds is 6. The van der Waals surface area contributed by atoms with Gasteiger partial charge in [0.25, 0.3) is 0 Å². The summed E-state index contributed by atoms with van der Waals surface area (Å²) in [6, 6.07) is 8.59. The lowest BCUT2D eigenvalue weighted by Crippen LogP contribution is -2.26. The van der Waals surface area contributed by atoms with Crippen molar-refractivity contribution in [1.29, 1.82) is 0 Å². The summed E-state index contributed by atoms with van der Waals surface area (Å²) in [4.78, 5) is 11.8. The highest BCUT2D eigenvalue weighted by Crippen LogP contribution is 2.28. The van der Waals surface area contributed by atoms with Gasteiger partial charge in [-0.1, -0.05) is 12.1 Å². The van der Waals surface area contributed by atoms with E-state index in [1.807, 2.05) is 0 Å². The van der Waals surface area contributed by atoms with Crippen LogP contribution in [0.2, 0.25) is 0 Å². The number of amides is 1. The summed E-state index contributed by atoms with van der Waals surface area (Å²) in [6.07, 6.45) is 1.79. The number of aliphatic hydroxyl groups excluding tert-OH is 1. The van der Waals surface area contributed by atoms with Crippen LogP contribution >= 0.6 is 0 Å². The smallest absolute Gasteiger partial charge is 0.244 e. The molecule has 0 spiro atoms. The lowest BCUT2D eigenvalue weighted by molar-refractivity contribution is -0.116. The van der Waals surface area contributed by atoms with Gasteiger partial charge in [0.15, 0.2) is 23.0 Å². The molecule has 0 aliphatic heterocycles. The first-order valence-electron chi connectivity index (χ1n) is 7.43. The van der Waals surface area contributed by atoms with Crippen molar-refractivity contribution in [2.45, 2.75) is 6.10 Å². The third-order valence-electron chi connectivity index (χ3n) is 3.48. The predicted molar refractivity (Wildman–Crippen MR) is 91.4 cm³/mol. The Morgan fingerprint density at radius 3 is 2.52 bits per heavy atom. The highest BCUT2D eigenvalue weighted by molar-refractivity contribution is 5.91. The molecule has 2 aromatic rings. The van der Waals surface area contributed by atoms with Crippen LogP contribution in [0.5, 0.6) is 23.0 Å². The highest BCUT2D eigenvalue weighted by Gasteiger charge is 2.11. The van der Waals surface area contributed by atoms with Gasteiger partial charge in [-0.15, -0.1) is 0 Å². The largest absolute Gasteiger partial charge is 0.504 e. The quantitative estimate of drug-likeness (QED) is 0.401. The molecule has 1 amide bonds. The average Bonchev–Trinajstić information content (AvgIpc) is 2.61. The van der Waals surface area contributed by atoms with Gasteiger partial charge in [-0.05, 0) is 41.5 Å². The predicted octanol–water partition coefficient (Wildman–Crippen LogP) is 1.67. The summed E-state index contributed by atoms with van der Waals surface area (Å²) < 4.78 is 4.98. The van der Waals surface area contributed by atoms with Gasteiger partial charge in [0.05, 0.1) is 13.2 Å². The van der Waals surface area contributed by atoms with Crippen LogP contribution in [0.3, 0.4) is 0 Å². The third-order valence-corrected chi connectivity index (χ3v) is 3.48. The Kier molecular flexibility index (Phi) is 5.86. The molecule has 5 N–H and O–H groups in total. The maximum absolute atomic E-state index is 11.8. The Morgan fingerprint density at radius 1 is 1.12 bits per heavy atom. The van der Waals surface area contributed by atoms with Gasteiger partial charge >= 0.3 is 0 Å². The van der Waals surface area contributed by atoms with E-state index in [0.717, 1.165) is 0 Å². The maximum Gasteiger partial charge on any atom is 0.244 e. The van der Waals surface area contributed by atoms with E-state index in [2.05, 4.69) is 5.32 Å². The van der Waals surface area contributed by atoms with Crippen LogP contribution in [0, 0.1) is 0 Å². The molecular formula is C18H19NO6. The first kappa shape index (κ1) is 18.2. The zero-order chi connectivity index (χ0) is 18.4. The van der Waals surface area contributed by atoms with Crippen LogP contribution in [-0.4, -0.2) is 40.0 Å². The summed E-state index contributed by atoms with van der Waals surface area (Å²) >= 11 is 0. The highest BCUT2D eigenvalue weighted by atomic mass is 16.5. The Balaban J connectivity index is 1.92. The summed E-state index contributed by atoms with van der Waals surface area (Å²) in [7, 11) is 1.43. The average molecular weight is 345 g/mol. The van der Waals surface area contributed by atoms with Crippen molar-refractivity contribution < 1.29 is 30.0 Å². The van der Waals surface area contributed by atoms with Crippen LogP contribution in [0.4, 0.5) is 0 Å². The van der Waals surface area contributed by atoms with E-state index in [4.69, 9.17) is 4.74 Å². The molecule has 2 aromatic carbocycles. The Bertz CT molecular complexity index is 787. The summed E-state index contributed by atoms with van der Waals surface area (Å²) in [5.41, 5.74) is 1.02. The minimum atomic E-state index is -1.03. The normalized spacial score (nSPS) is 12.1. The molecule has 7 heteroatoms. The van der Waals surface area contributed by atoms with Crippen molar-refractivity contribution in [3.05, 3.63) is 53.6 Å². The van der Waals surface area contributed by atoms with Crippen molar-refractivity contribution in [3.63, 3.8) is 0 Å². The van der Waals surface area contributed by atoms with E-state index in [-0.39, 0.29) is 23.8 Å². The van der Waals surface area contributed by atoms with E-state index in [9.17, 15) is 25.2 Å². The van der Waals surface area contributed by atoms with Crippen LogP contribution in [-0.2, 0) is 4.79 Å². The monoisotopic (exact) mass is 345 g/mol. The topological polar surface area (TPSA) is 119 Å². The van der Waals surface area contributed by atoms with Crippen molar-refractivity contribution in [3.8, 4) is 23.0 Å². The number of methoxy groups -OCH3 is 1.